The summed E-state index contributed by atoms with van der Waals surface area (Å²) in [5.41, 5.74) is 0. The zero-order chi connectivity index (χ0) is 8.97. The molecule has 1 fully saturated rings. The Kier molecular flexibility index (Phi) is 3.05. The lowest BCUT2D eigenvalue weighted by atomic mass is 10.5. The highest BCUT2D eigenvalue weighted by Crippen LogP contribution is 2.05. The molecule has 0 aromatic rings. The molecule has 3 heteroatoms. The Bertz CT molecular complexity index is 201. The van der Waals surface area contributed by atoms with Gasteiger partial charge >= 0.3 is 0 Å². The predicted molar refractivity (Wildman–Crippen MR) is 48.5 cm³/mol. The molecular weight excluding hydrogens is 152 g/mol. The Balaban J connectivity index is 2.43. The van der Waals surface area contributed by atoms with Crippen LogP contribution in [-0.4, -0.2) is 42.0 Å². The van der Waals surface area contributed by atoms with Crippen molar-refractivity contribution in [1.82, 2.24) is 9.80 Å². The van der Waals surface area contributed by atoms with Gasteiger partial charge in [0, 0.05) is 13.1 Å². The molecule has 0 unspecified atom stereocenters. The molecule has 0 atom stereocenters. The van der Waals surface area contributed by atoms with Gasteiger partial charge in [-0.1, -0.05) is 12.2 Å². The topological polar surface area (TPSA) is 23.6 Å². The molecule has 0 saturated carbocycles. The van der Waals surface area contributed by atoms with Crippen molar-refractivity contribution in [2.45, 2.75) is 0 Å². The molecule has 1 aliphatic rings. The second kappa shape index (κ2) is 4.07. The summed E-state index contributed by atoms with van der Waals surface area (Å²) in [6, 6.07) is 0. The predicted octanol–water partition coefficient (Wildman–Crippen LogP) is 0.460. The highest BCUT2D eigenvalue weighted by atomic mass is 16.2. The monoisotopic (exact) mass is 166 g/mol. The molecule has 0 aromatic carbocycles. The number of nitrogens with zero attached hydrogens (tertiary/aromatic N) is 2. The summed E-state index contributed by atoms with van der Waals surface area (Å²) in [4.78, 5) is 15.1. The van der Waals surface area contributed by atoms with Gasteiger partial charge in [-0.25, -0.2) is 0 Å². The third-order valence-electron chi connectivity index (χ3n) is 1.82. The highest BCUT2D eigenvalue weighted by Gasteiger charge is 2.24. The van der Waals surface area contributed by atoms with Crippen LogP contribution in [0, 0.1) is 0 Å². The molecule has 0 N–H and O–H groups in total. The Morgan fingerprint density at radius 3 is 2.58 bits per heavy atom. The summed E-state index contributed by atoms with van der Waals surface area (Å²) in [6.07, 6.45) is 3.56. The first-order chi connectivity index (χ1) is 5.77. The van der Waals surface area contributed by atoms with Gasteiger partial charge in [0.2, 0.25) is 5.91 Å². The molecule has 1 amide bonds. The first-order valence-electron chi connectivity index (χ1n) is 4.00. The van der Waals surface area contributed by atoms with Gasteiger partial charge < -0.3 is 4.90 Å². The van der Waals surface area contributed by atoms with Crippen LogP contribution >= 0.6 is 0 Å². The molecule has 0 spiro atoms. The van der Waals surface area contributed by atoms with Crippen LogP contribution in [0.5, 0.6) is 0 Å². The van der Waals surface area contributed by atoms with Crippen LogP contribution < -0.4 is 0 Å². The summed E-state index contributed by atoms with van der Waals surface area (Å²) in [5.74, 6) is 0.178. The molecule has 0 bridgehead atoms. The van der Waals surface area contributed by atoms with E-state index in [0.29, 0.717) is 19.8 Å². The van der Waals surface area contributed by atoms with E-state index >= 15 is 0 Å². The van der Waals surface area contributed by atoms with Gasteiger partial charge in [-0.15, -0.1) is 13.2 Å². The van der Waals surface area contributed by atoms with E-state index in [1.165, 1.54) is 0 Å². The maximum Gasteiger partial charge on any atom is 0.238 e. The minimum atomic E-state index is 0.178. The molecule has 12 heavy (non-hydrogen) atoms. The van der Waals surface area contributed by atoms with Gasteiger partial charge in [0.25, 0.3) is 0 Å². The maximum absolute atomic E-state index is 11.3. The zero-order valence-corrected chi connectivity index (χ0v) is 7.20. The molecule has 0 radical (unpaired) electrons. The summed E-state index contributed by atoms with van der Waals surface area (Å²) >= 11 is 0. The summed E-state index contributed by atoms with van der Waals surface area (Å²) in [6.45, 7) is 9.87. The second-order valence-corrected chi connectivity index (χ2v) is 2.85. The van der Waals surface area contributed by atoms with Crippen LogP contribution in [0.25, 0.3) is 0 Å². The van der Waals surface area contributed by atoms with Gasteiger partial charge in [0.15, 0.2) is 0 Å². The Labute approximate surface area is 73.0 Å². The number of carbonyl (C=O) groups excluding carboxylic acids is 1. The molecule has 0 aliphatic carbocycles. The van der Waals surface area contributed by atoms with Crippen molar-refractivity contribution in [3.63, 3.8) is 0 Å². The van der Waals surface area contributed by atoms with Crippen LogP contribution in [0.15, 0.2) is 25.3 Å². The van der Waals surface area contributed by atoms with E-state index < -0.39 is 0 Å². The summed E-state index contributed by atoms with van der Waals surface area (Å²) in [7, 11) is 0. The molecular formula is C9H14N2O. The normalized spacial score (nSPS) is 18.3. The van der Waals surface area contributed by atoms with Crippen molar-refractivity contribution < 1.29 is 4.79 Å². The van der Waals surface area contributed by atoms with E-state index in [1.807, 2.05) is 11.0 Å². The van der Waals surface area contributed by atoms with Crippen molar-refractivity contribution in [3.8, 4) is 0 Å². The largest absolute Gasteiger partial charge is 0.325 e. The van der Waals surface area contributed by atoms with Crippen LogP contribution in [0.1, 0.15) is 0 Å². The van der Waals surface area contributed by atoms with Crippen LogP contribution in [0.3, 0.4) is 0 Å². The number of rotatable bonds is 4. The van der Waals surface area contributed by atoms with E-state index in [0.717, 1.165) is 6.54 Å². The molecule has 1 saturated heterocycles. The van der Waals surface area contributed by atoms with Crippen LogP contribution in [0.4, 0.5) is 0 Å². The lowest BCUT2D eigenvalue weighted by molar-refractivity contribution is -0.126. The van der Waals surface area contributed by atoms with Crippen molar-refractivity contribution in [1.29, 1.82) is 0 Å². The SMILES string of the molecule is C=CCN1CC(=O)N(CC=C)C1. The van der Waals surface area contributed by atoms with Gasteiger partial charge in [-0.2, -0.15) is 0 Å². The summed E-state index contributed by atoms with van der Waals surface area (Å²) < 4.78 is 0. The molecule has 0 aromatic heterocycles. The fourth-order valence-corrected chi connectivity index (χ4v) is 1.28. The highest BCUT2D eigenvalue weighted by molar-refractivity contribution is 5.80. The lowest BCUT2D eigenvalue weighted by Crippen LogP contribution is -2.27. The van der Waals surface area contributed by atoms with Crippen molar-refractivity contribution in [2.24, 2.45) is 0 Å². The van der Waals surface area contributed by atoms with Gasteiger partial charge in [-0.3, -0.25) is 9.69 Å². The quantitative estimate of drug-likeness (QED) is 0.566. The Morgan fingerprint density at radius 1 is 1.33 bits per heavy atom. The number of carbonyl (C=O) groups is 1. The molecule has 1 aliphatic heterocycles. The standard InChI is InChI=1S/C9H14N2O/c1-3-5-10-7-9(12)11(8-10)6-4-2/h3-4H,1-2,5-8H2. The minimum Gasteiger partial charge on any atom is -0.325 e. The molecule has 66 valence electrons. The van der Waals surface area contributed by atoms with E-state index in [2.05, 4.69) is 13.2 Å². The Hall–Kier alpha value is -1.09. The average molecular weight is 166 g/mol. The van der Waals surface area contributed by atoms with Gasteiger partial charge in [0.1, 0.15) is 0 Å². The van der Waals surface area contributed by atoms with E-state index in [-0.39, 0.29) is 5.91 Å². The van der Waals surface area contributed by atoms with Crippen molar-refractivity contribution in [3.05, 3.63) is 25.3 Å². The minimum absolute atomic E-state index is 0.178. The van der Waals surface area contributed by atoms with Gasteiger partial charge in [-0.05, 0) is 0 Å². The van der Waals surface area contributed by atoms with E-state index in [4.69, 9.17) is 0 Å². The maximum atomic E-state index is 11.3. The fourth-order valence-electron chi connectivity index (χ4n) is 1.28. The van der Waals surface area contributed by atoms with Crippen LogP contribution in [-0.2, 0) is 4.79 Å². The number of hydrogen-bond acceptors (Lipinski definition) is 2. The summed E-state index contributed by atoms with van der Waals surface area (Å²) in [5, 5.41) is 0. The first kappa shape index (κ1) is 9.00. The zero-order valence-electron chi connectivity index (χ0n) is 7.20. The van der Waals surface area contributed by atoms with Crippen molar-refractivity contribution >= 4 is 5.91 Å². The van der Waals surface area contributed by atoms with Gasteiger partial charge in [0.05, 0.1) is 13.2 Å². The van der Waals surface area contributed by atoms with E-state index in [1.54, 1.807) is 11.0 Å². The third-order valence-corrected chi connectivity index (χ3v) is 1.82. The molecule has 1 rings (SSSR count). The second-order valence-electron chi connectivity index (χ2n) is 2.85. The number of hydrogen-bond donors (Lipinski definition) is 0. The smallest absolute Gasteiger partial charge is 0.238 e. The molecule has 3 nitrogen and oxygen atoms in total. The van der Waals surface area contributed by atoms with Crippen molar-refractivity contribution in [2.75, 3.05) is 26.3 Å². The third kappa shape index (κ3) is 1.95. The fraction of sp³-hybridized carbons (Fsp3) is 0.444. The first-order valence-corrected chi connectivity index (χ1v) is 4.00. The molecule has 1 heterocycles. The average Bonchev–Trinajstić information content (AvgIpc) is 2.34. The lowest BCUT2D eigenvalue weighted by Gasteiger charge is -2.14. The van der Waals surface area contributed by atoms with E-state index in [9.17, 15) is 4.79 Å². The van der Waals surface area contributed by atoms with Crippen LogP contribution in [0.2, 0.25) is 0 Å². The Morgan fingerprint density at radius 2 is 2.00 bits per heavy atom. The number of amides is 1.